The minimum absolute atomic E-state index is 0.164. The van der Waals surface area contributed by atoms with Gasteiger partial charge in [-0.3, -0.25) is 4.79 Å². The summed E-state index contributed by atoms with van der Waals surface area (Å²) in [6.45, 7) is 2.01. The minimum Gasteiger partial charge on any atom is -0.371 e. The molecule has 3 heterocycles. The van der Waals surface area contributed by atoms with Crippen LogP contribution >= 0.6 is 34.2 Å². The van der Waals surface area contributed by atoms with Gasteiger partial charge >= 0.3 is 0 Å². The average Bonchev–Trinajstić information content (AvgIpc) is 3.39. The largest absolute Gasteiger partial charge is 0.371 e. The maximum absolute atomic E-state index is 13.2. The Morgan fingerprint density at radius 1 is 1.21 bits per heavy atom. The number of carbonyl (C=O) groups is 1. The summed E-state index contributed by atoms with van der Waals surface area (Å²) in [5.74, 6) is 0.311. The van der Waals surface area contributed by atoms with Crippen LogP contribution in [0.5, 0.6) is 0 Å². The molecular weight excluding hydrogens is 501 g/mol. The van der Waals surface area contributed by atoms with Crippen molar-refractivity contribution in [3.05, 3.63) is 44.6 Å². The fourth-order valence-corrected chi connectivity index (χ4v) is 4.87. The molecule has 0 radical (unpaired) electrons. The first kappa shape index (κ1) is 19.1. The Kier molecular flexibility index (Phi) is 4.70. The van der Waals surface area contributed by atoms with E-state index in [-0.39, 0.29) is 5.91 Å². The van der Waals surface area contributed by atoms with Crippen molar-refractivity contribution in [2.24, 2.45) is 12.5 Å². The van der Waals surface area contributed by atoms with Gasteiger partial charge in [0.25, 0.3) is 5.91 Å². The molecule has 2 fully saturated rings. The summed E-state index contributed by atoms with van der Waals surface area (Å²) in [5, 5.41) is 8.65. The average molecular weight is 522 g/mol. The molecule has 1 amide bonds. The van der Waals surface area contributed by atoms with Gasteiger partial charge in [-0.15, -0.1) is 0 Å². The van der Waals surface area contributed by atoms with Crippen LogP contribution in [0.25, 0.3) is 11.0 Å². The molecule has 0 unspecified atom stereocenters. The number of piperidine rings is 1. The van der Waals surface area contributed by atoms with Gasteiger partial charge in [0.1, 0.15) is 0 Å². The second kappa shape index (κ2) is 7.12. The van der Waals surface area contributed by atoms with Crippen molar-refractivity contribution >= 4 is 62.6 Å². The molecular formula is C21H21ClIN5O. The van der Waals surface area contributed by atoms with E-state index in [9.17, 15) is 4.79 Å². The van der Waals surface area contributed by atoms with Gasteiger partial charge in [-0.1, -0.05) is 11.6 Å². The molecule has 1 spiro atoms. The van der Waals surface area contributed by atoms with Crippen LogP contribution in [0.3, 0.4) is 0 Å². The van der Waals surface area contributed by atoms with Gasteiger partial charge in [0.15, 0.2) is 11.5 Å². The smallest absolute Gasteiger partial charge is 0.258 e. The van der Waals surface area contributed by atoms with Gasteiger partial charge in [0.2, 0.25) is 0 Å². The van der Waals surface area contributed by atoms with Crippen molar-refractivity contribution in [1.82, 2.24) is 14.8 Å². The number of nitrogens with one attached hydrogen (secondary N) is 1. The third kappa shape index (κ3) is 3.59. The van der Waals surface area contributed by atoms with Crippen molar-refractivity contribution in [2.75, 3.05) is 23.3 Å². The first-order valence-electron chi connectivity index (χ1n) is 9.78. The van der Waals surface area contributed by atoms with E-state index in [4.69, 9.17) is 11.6 Å². The molecule has 2 aromatic heterocycles. The zero-order valence-electron chi connectivity index (χ0n) is 16.1. The standard InChI is InChI=1S/C21H21ClIN5O/c1-27-19-16(10-13(22)12-24-19)18(26-27)25-20(29)15-3-2-14(23)11-17(15)28-8-6-21(4-5-21)7-9-28/h2-3,10-12H,4-9H2,1H3,(H,25,26,29). The molecule has 6 nitrogen and oxygen atoms in total. The Labute approximate surface area is 187 Å². The van der Waals surface area contributed by atoms with Crippen molar-refractivity contribution < 1.29 is 4.79 Å². The van der Waals surface area contributed by atoms with Crippen LogP contribution < -0.4 is 10.2 Å². The number of nitrogens with zero attached hydrogens (tertiary/aromatic N) is 4. The summed E-state index contributed by atoms with van der Waals surface area (Å²) in [7, 11) is 1.80. The lowest BCUT2D eigenvalue weighted by Crippen LogP contribution is -2.35. The Morgan fingerprint density at radius 2 is 1.97 bits per heavy atom. The predicted molar refractivity (Wildman–Crippen MR) is 124 cm³/mol. The van der Waals surface area contributed by atoms with Crippen LogP contribution in [0.2, 0.25) is 5.02 Å². The number of halogens is 2. The van der Waals surface area contributed by atoms with Gasteiger partial charge in [-0.2, -0.15) is 5.10 Å². The molecule has 1 aliphatic heterocycles. The normalized spacial score (nSPS) is 17.7. The Morgan fingerprint density at radius 3 is 2.69 bits per heavy atom. The van der Waals surface area contributed by atoms with E-state index in [0.717, 1.165) is 27.7 Å². The quantitative estimate of drug-likeness (QED) is 0.500. The van der Waals surface area contributed by atoms with E-state index in [1.807, 2.05) is 12.1 Å². The van der Waals surface area contributed by atoms with Gasteiger partial charge in [-0.05, 0) is 78.0 Å². The van der Waals surface area contributed by atoms with Crippen LogP contribution in [0, 0.1) is 8.99 Å². The highest BCUT2D eigenvalue weighted by molar-refractivity contribution is 14.1. The van der Waals surface area contributed by atoms with E-state index < -0.39 is 0 Å². The molecule has 1 N–H and O–H groups in total. The number of anilines is 2. The Hall–Kier alpha value is -1.87. The molecule has 5 rings (SSSR count). The first-order chi connectivity index (χ1) is 13.9. The highest BCUT2D eigenvalue weighted by Gasteiger charge is 2.44. The lowest BCUT2D eigenvalue weighted by molar-refractivity contribution is 0.102. The summed E-state index contributed by atoms with van der Waals surface area (Å²) in [6.07, 6.45) is 6.74. The van der Waals surface area contributed by atoms with Crippen molar-refractivity contribution in [1.29, 1.82) is 0 Å². The minimum atomic E-state index is -0.164. The van der Waals surface area contributed by atoms with E-state index in [0.29, 0.717) is 27.5 Å². The van der Waals surface area contributed by atoms with Crippen molar-refractivity contribution in [3.8, 4) is 0 Å². The fourth-order valence-electron chi connectivity index (χ4n) is 4.24. The number of amides is 1. The predicted octanol–water partition coefficient (Wildman–Crippen LogP) is 4.86. The third-order valence-electron chi connectivity index (χ3n) is 6.20. The maximum atomic E-state index is 13.2. The van der Waals surface area contributed by atoms with Crippen molar-refractivity contribution in [3.63, 3.8) is 0 Å². The van der Waals surface area contributed by atoms with Gasteiger partial charge < -0.3 is 10.2 Å². The number of fused-ring (bicyclic) bond motifs is 1. The third-order valence-corrected chi connectivity index (χ3v) is 7.08. The molecule has 29 heavy (non-hydrogen) atoms. The SMILES string of the molecule is Cn1nc(NC(=O)c2ccc(I)cc2N2CCC3(CC2)CC3)c2cc(Cl)cnc21. The number of rotatable bonds is 3. The van der Waals surface area contributed by atoms with E-state index in [1.165, 1.54) is 25.7 Å². The molecule has 8 heteroatoms. The van der Waals surface area contributed by atoms with Gasteiger partial charge in [-0.25, -0.2) is 9.67 Å². The molecule has 0 atom stereocenters. The first-order valence-corrected chi connectivity index (χ1v) is 11.2. The molecule has 3 aromatic rings. The van der Waals surface area contributed by atoms with Crippen molar-refractivity contribution in [2.45, 2.75) is 25.7 Å². The highest BCUT2D eigenvalue weighted by atomic mass is 127. The highest BCUT2D eigenvalue weighted by Crippen LogP contribution is 2.54. The lowest BCUT2D eigenvalue weighted by Gasteiger charge is -2.35. The summed E-state index contributed by atoms with van der Waals surface area (Å²) in [5.41, 5.74) is 2.95. The maximum Gasteiger partial charge on any atom is 0.258 e. The van der Waals surface area contributed by atoms with E-state index in [2.05, 4.69) is 49.0 Å². The summed E-state index contributed by atoms with van der Waals surface area (Å²) in [6, 6.07) is 7.76. The molecule has 0 bridgehead atoms. The summed E-state index contributed by atoms with van der Waals surface area (Å²) in [4.78, 5) is 19.9. The fraction of sp³-hybridized carbons (Fsp3) is 0.381. The monoisotopic (exact) mass is 521 g/mol. The van der Waals surface area contributed by atoms with Crippen LogP contribution in [0.15, 0.2) is 30.5 Å². The molecule has 150 valence electrons. The van der Waals surface area contributed by atoms with Gasteiger partial charge in [0, 0.05) is 29.9 Å². The Bertz CT molecular complexity index is 1110. The van der Waals surface area contributed by atoms with Crippen LogP contribution in [-0.4, -0.2) is 33.8 Å². The molecule has 1 saturated carbocycles. The van der Waals surface area contributed by atoms with E-state index >= 15 is 0 Å². The lowest BCUT2D eigenvalue weighted by atomic mass is 9.93. The number of aromatic nitrogens is 3. The Balaban J connectivity index is 1.45. The number of hydrogen-bond acceptors (Lipinski definition) is 4. The second-order valence-electron chi connectivity index (χ2n) is 8.10. The topological polar surface area (TPSA) is 63.1 Å². The molecule has 1 aliphatic carbocycles. The van der Waals surface area contributed by atoms with Crippen LogP contribution in [0.4, 0.5) is 11.5 Å². The number of pyridine rings is 1. The second-order valence-corrected chi connectivity index (χ2v) is 9.78. The van der Waals surface area contributed by atoms with Crippen LogP contribution in [-0.2, 0) is 7.05 Å². The van der Waals surface area contributed by atoms with E-state index in [1.54, 1.807) is 24.0 Å². The molecule has 2 aliphatic rings. The molecule has 1 aromatic carbocycles. The number of benzene rings is 1. The zero-order chi connectivity index (χ0) is 20.2. The summed E-state index contributed by atoms with van der Waals surface area (Å²) >= 11 is 8.41. The number of aryl methyl sites for hydroxylation is 1. The molecule has 1 saturated heterocycles. The van der Waals surface area contributed by atoms with Crippen LogP contribution in [0.1, 0.15) is 36.0 Å². The number of hydrogen-bond donors (Lipinski definition) is 1. The zero-order valence-corrected chi connectivity index (χ0v) is 19.0. The summed E-state index contributed by atoms with van der Waals surface area (Å²) < 4.78 is 2.77. The van der Waals surface area contributed by atoms with Gasteiger partial charge in [0.05, 0.1) is 21.7 Å². The number of carbonyl (C=O) groups excluding carboxylic acids is 1.